The third-order valence-corrected chi connectivity index (χ3v) is 5.93. The van der Waals surface area contributed by atoms with Gasteiger partial charge in [-0.3, -0.25) is 0 Å². The molecule has 1 unspecified atom stereocenters. The molecule has 0 amide bonds. The van der Waals surface area contributed by atoms with Crippen molar-refractivity contribution >= 4 is 12.7 Å². The van der Waals surface area contributed by atoms with Gasteiger partial charge in [0.25, 0.3) is 0 Å². The van der Waals surface area contributed by atoms with Crippen LogP contribution in [0.25, 0.3) is 5.57 Å². The van der Waals surface area contributed by atoms with Crippen molar-refractivity contribution in [3.05, 3.63) is 77.4 Å². The van der Waals surface area contributed by atoms with Crippen LogP contribution in [0, 0.1) is 6.92 Å². The Morgan fingerprint density at radius 2 is 1.48 bits per heavy atom. The summed E-state index contributed by atoms with van der Waals surface area (Å²) < 4.78 is 12.5. The van der Waals surface area contributed by atoms with E-state index >= 15 is 0 Å². The molecule has 0 aromatic heterocycles. The quantitative estimate of drug-likeness (QED) is 0.583. The molecule has 1 heterocycles. The van der Waals surface area contributed by atoms with Gasteiger partial charge in [-0.05, 0) is 64.6 Å². The molecule has 2 aromatic carbocycles. The van der Waals surface area contributed by atoms with E-state index in [0.717, 1.165) is 6.32 Å². The number of allylic oxidation sites excluding steroid dienone is 2. The first-order valence-electron chi connectivity index (χ1n) is 9.84. The molecule has 1 atom stereocenters. The van der Waals surface area contributed by atoms with Gasteiger partial charge in [0.15, 0.2) is 0 Å². The van der Waals surface area contributed by atoms with Crippen LogP contribution in [0.1, 0.15) is 57.2 Å². The highest BCUT2D eigenvalue weighted by atomic mass is 16.7. The van der Waals surface area contributed by atoms with E-state index < -0.39 is 0 Å². The Morgan fingerprint density at radius 1 is 0.926 bits per heavy atom. The second kappa shape index (κ2) is 7.65. The molecule has 1 saturated heterocycles. The van der Waals surface area contributed by atoms with Gasteiger partial charge in [-0.25, -0.2) is 0 Å². The van der Waals surface area contributed by atoms with Crippen molar-refractivity contribution in [1.29, 1.82) is 0 Å². The predicted octanol–water partition coefficient (Wildman–Crippen LogP) is 6.27. The van der Waals surface area contributed by atoms with Crippen LogP contribution in [0.4, 0.5) is 0 Å². The van der Waals surface area contributed by atoms with Crippen LogP contribution in [-0.4, -0.2) is 18.3 Å². The van der Waals surface area contributed by atoms with Crippen LogP contribution >= 0.6 is 0 Å². The van der Waals surface area contributed by atoms with Crippen LogP contribution < -0.4 is 0 Å². The maximum absolute atomic E-state index is 6.27. The van der Waals surface area contributed by atoms with E-state index in [4.69, 9.17) is 9.31 Å². The SMILES string of the molecule is C/C(=C\C(CB1OC(C)(C)C(C)(C)O1)c1ccccc1)c1ccc(C)cc1. The maximum atomic E-state index is 6.27. The minimum Gasteiger partial charge on any atom is -0.403 e. The van der Waals surface area contributed by atoms with E-state index in [9.17, 15) is 0 Å². The van der Waals surface area contributed by atoms with Gasteiger partial charge in [0.05, 0.1) is 11.2 Å². The molecule has 2 nitrogen and oxygen atoms in total. The van der Waals surface area contributed by atoms with Gasteiger partial charge in [-0.1, -0.05) is 66.2 Å². The molecule has 1 aliphatic rings. The Kier molecular flexibility index (Phi) is 5.64. The Labute approximate surface area is 164 Å². The van der Waals surface area contributed by atoms with Crippen LogP contribution in [0.3, 0.4) is 0 Å². The molecule has 3 rings (SSSR count). The van der Waals surface area contributed by atoms with E-state index in [-0.39, 0.29) is 24.2 Å². The Hall–Kier alpha value is -1.84. The summed E-state index contributed by atoms with van der Waals surface area (Å²) in [6.45, 7) is 12.7. The van der Waals surface area contributed by atoms with Crippen molar-refractivity contribution < 1.29 is 9.31 Å². The summed E-state index contributed by atoms with van der Waals surface area (Å²) >= 11 is 0. The molecular weight excluding hydrogens is 331 g/mol. The molecule has 0 aliphatic carbocycles. The van der Waals surface area contributed by atoms with Gasteiger partial charge in [0, 0.05) is 5.92 Å². The minimum atomic E-state index is -0.297. The van der Waals surface area contributed by atoms with Gasteiger partial charge < -0.3 is 9.31 Å². The lowest BCUT2D eigenvalue weighted by atomic mass is 9.74. The third-order valence-electron chi connectivity index (χ3n) is 5.93. The average Bonchev–Trinajstić information content (AvgIpc) is 2.82. The summed E-state index contributed by atoms with van der Waals surface area (Å²) in [6.07, 6.45) is 3.16. The molecule has 2 aromatic rings. The molecular formula is C24H31BO2. The fourth-order valence-corrected chi connectivity index (χ4v) is 3.48. The largest absolute Gasteiger partial charge is 0.458 e. The zero-order chi connectivity index (χ0) is 19.7. The van der Waals surface area contributed by atoms with Crippen molar-refractivity contribution in [2.45, 2.75) is 65.0 Å². The number of aryl methyl sites for hydroxylation is 1. The highest BCUT2D eigenvalue weighted by Gasteiger charge is 2.51. The van der Waals surface area contributed by atoms with Gasteiger partial charge in [-0.2, -0.15) is 0 Å². The molecule has 1 fully saturated rings. The standard InChI is InChI=1S/C24H31BO2/c1-18-12-14-20(15-13-18)19(2)16-22(21-10-8-7-9-11-21)17-25-26-23(3,4)24(5,6)27-25/h7-16,22H,17H2,1-6H3/b19-16+. The van der Waals surface area contributed by atoms with Crippen molar-refractivity contribution in [1.82, 2.24) is 0 Å². The normalized spacial score (nSPS) is 19.9. The first-order chi connectivity index (χ1) is 12.7. The smallest absolute Gasteiger partial charge is 0.403 e. The average molecular weight is 362 g/mol. The third kappa shape index (κ3) is 4.53. The van der Waals surface area contributed by atoms with E-state index in [1.54, 1.807) is 0 Å². The number of benzene rings is 2. The number of hydrogen-bond donors (Lipinski definition) is 0. The lowest BCUT2D eigenvalue weighted by Gasteiger charge is -2.32. The molecule has 27 heavy (non-hydrogen) atoms. The molecule has 0 radical (unpaired) electrons. The second-order valence-electron chi connectivity index (χ2n) is 8.65. The lowest BCUT2D eigenvalue weighted by Crippen LogP contribution is -2.41. The molecule has 0 bridgehead atoms. The monoisotopic (exact) mass is 362 g/mol. The van der Waals surface area contributed by atoms with E-state index in [0.29, 0.717) is 0 Å². The summed E-state index contributed by atoms with van der Waals surface area (Å²) in [4.78, 5) is 0. The molecule has 0 N–H and O–H groups in total. The van der Waals surface area contributed by atoms with Crippen LogP contribution in [0.5, 0.6) is 0 Å². The van der Waals surface area contributed by atoms with Crippen molar-refractivity contribution in [3.63, 3.8) is 0 Å². The van der Waals surface area contributed by atoms with Crippen molar-refractivity contribution in [2.24, 2.45) is 0 Å². The highest BCUT2D eigenvalue weighted by molar-refractivity contribution is 6.45. The molecule has 3 heteroatoms. The zero-order valence-corrected chi connectivity index (χ0v) is 17.5. The van der Waals surface area contributed by atoms with Gasteiger partial charge >= 0.3 is 7.12 Å². The fraction of sp³-hybridized carbons (Fsp3) is 0.417. The lowest BCUT2D eigenvalue weighted by molar-refractivity contribution is 0.00578. The molecule has 142 valence electrons. The van der Waals surface area contributed by atoms with Gasteiger partial charge in [0.1, 0.15) is 0 Å². The summed E-state index contributed by atoms with van der Waals surface area (Å²) in [5.74, 6) is 0.238. The number of hydrogen-bond acceptors (Lipinski definition) is 2. The highest BCUT2D eigenvalue weighted by Crippen LogP contribution is 2.40. The number of rotatable bonds is 5. The summed E-state index contributed by atoms with van der Waals surface area (Å²) in [7, 11) is -0.206. The Balaban J connectivity index is 1.86. The van der Waals surface area contributed by atoms with Crippen LogP contribution in [0.2, 0.25) is 6.32 Å². The second-order valence-corrected chi connectivity index (χ2v) is 8.65. The van der Waals surface area contributed by atoms with E-state index in [2.05, 4.69) is 102 Å². The predicted molar refractivity (Wildman–Crippen MR) is 115 cm³/mol. The van der Waals surface area contributed by atoms with Crippen molar-refractivity contribution in [3.8, 4) is 0 Å². The van der Waals surface area contributed by atoms with Gasteiger partial charge in [0.2, 0.25) is 0 Å². The fourth-order valence-electron chi connectivity index (χ4n) is 3.48. The maximum Gasteiger partial charge on any atom is 0.458 e. The molecule has 0 spiro atoms. The van der Waals surface area contributed by atoms with E-state index in [1.165, 1.54) is 22.3 Å². The first kappa shape index (κ1) is 19.9. The summed E-state index contributed by atoms with van der Waals surface area (Å²) in [6, 6.07) is 19.4. The zero-order valence-electron chi connectivity index (χ0n) is 17.5. The Bertz CT molecular complexity index is 775. The van der Waals surface area contributed by atoms with Crippen molar-refractivity contribution in [2.75, 3.05) is 0 Å². The first-order valence-corrected chi connectivity index (χ1v) is 9.84. The minimum absolute atomic E-state index is 0.206. The van der Waals surface area contributed by atoms with E-state index in [1.807, 2.05) is 0 Å². The molecule has 0 saturated carbocycles. The molecule has 1 aliphatic heterocycles. The van der Waals surface area contributed by atoms with Crippen LogP contribution in [0.15, 0.2) is 60.7 Å². The summed E-state index contributed by atoms with van der Waals surface area (Å²) in [5.41, 5.74) is 4.52. The van der Waals surface area contributed by atoms with Gasteiger partial charge in [-0.15, -0.1) is 0 Å². The summed E-state index contributed by atoms with van der Waals surface area (Å²) in [5, 5.41) is 0. The topological polar surface area (TPSA) is 18.5 Å². The van der Waals surface area contributed by atoms with Crippen LogP contribution in [-0.2, 0) is 9.31 Å². The Morgan fingerprint density at radius 3 is 2.04 bits per heavy atom.